The number of hydrogen-bond donors (Lipinski definition) is 1. The van der Waals surface area contributed by atoms with Gasteiger partial charge >= 0.3 is 5.97 Å². The van der Waals surface area contributed by atoms with Crippen molar-refractivity contribution < 1.29 is 22.7 Å². The van der Waals surface area contributed by atoms with E-state index in [2.05, 4.69) is 15.9 Å². The van der Waals surface area contributed by atoms with Gasteiger partial charge in [-0.3, -0.25) is 0 Å². The number of carboxylic acid groups (broad SMARTS) is 1. The second-order valence-electron chi connectivity index (χ2n) is 4.97. The van der Waals surface area contributed by atoms with E-state index in [0.717, 1.165) is 25.3 Å². The molecular formula is C13H20BrNO5S. The van der Waals surface area contributed by atoms with Crippen LogP contribution in [0.4, 0.5) is 0 Å². The minimum absolute atomic E-state index is 0.0824. The lowest BCUT2D eigenvalue weighted by atomic mass is 10.2. The van der Waals surface area contributed by atoms with Gasteiger partial charge in [0.05, 0.1) is 0 Å². The van der Waals surface area contributed by atoms with Crippen molar-refractivity contribution in [1.82, 2.24) is 4.31 Å². The van der Waals surface area contributed by atoms with Gasteiger partial charge in [-0.05, 0) is 36.2 Å². The first kappa shape index (κ1) is 18.2. The monoisotopic (exact) mass is 381 g/mol. The number of carboxylic acids is 1. The molecule has 0 amide bonds. The molecule has 1 heterocycles. The first-order valence-corrected chi connectivity index (χ1v) is 8.99. The van der Waals surface area contributed by atoms with Crippen LogP contribution in [0.5, 0.6) is 0 Å². The van der Waals surface area contributed by atoms with Crippen molar-refractivity contribution in [2.24, 2.45) is 0 Å². The summed E-state index contributed by atoms with van der Waals surface area (Å²) in [6, 6.07) is 0.818. The molecule has 1 aromatic rings. The molecule has 6 nitrogen and oxygen atoms in total. The van der Waals surface area contributed by atoms with Gasteiger partial charge in [-0.1, -0.05) is 19.8 Å². The van der Waals surface area contributed by atoms with Crippen molar-refractivity contribution >= 4 is 31.9 Å². The molecule has 120 valence electrons. The van der Waals surface area contributed by atoms with E-state index in [1.54, 1.807) is 13.8 Å². The minimum atomic E-state index is -3.79. The molecule has 1 rings (SSSR count). The van der Waals surface area contributed by atoms with Crippen LogP contribution >= 0.6 is 15.9 Å². The lowest BCUT2D eigenvalue weighted by Gasteiger charge is -2.25. The quantitative estimate of drug-likeness (QED) is 0.697. The van der Waals surface area contributed by atoms with E-state index in [9.17, 15) is 13.2 Å². The molecule has 0 aliphatic heterocycles. The third-order valence-corrected chi connectivity index (χ3v) is 5.94. The van der Waals surface area contributed by atoms with Crippen LogP contribution in [0.25, 0.3) is 0 Å². The summed E-state index contributed by atoms with van der Waals surface area (Å²) in [6.07, 6.45) is 2.69. The Morgan fingerprint density at radius 2 is 2.05 bits per heavy atom. The van der Waals surface area contributed by atoms with Gasteiger partial charge in [0.1, 0.15) is 4.90 Å². The Balaban J connectivity index is 3.13. The number of carbonyl (C=O) groups is 1. The smallest absolute Gasteiger partial charge is 0.371 e. The van der Waals surface area contributed by atoms with E-state index in [1.807, 2.05) is 6.92 Å². The fourth-order valence-corrected chi connectivity index (χ4v) is 4.51. The third kappa shape index (κ3) is 4.31. The van der Waals surface area contributed by atoms with Crippen molar-refractivity contribution in [2.45, 2.75) is 51.0 Å². The van der Waals surface area contributed by atoms with Gasteiger partial charge in [0, 0.05) is 18.7 Å². The summed E-state index contributed by atoms with van der Waals surface area (Å²) in [7, 11) is -3.79. The maximum atomic E-state index is 12.7. The molecule has 0 unspecified atom stereocenters. The molecule has 1 N–H and O–H groups in total. The summed E-state index contributed by atoms with van der Waals surface area (Å²) >= 11 is 2.98. The first-order valence-electron chi connectivity index (χ1n) is 6.76. The highest BCUT2D eigenvalue weighted by Gasteiger charge is 2.32. The van der Waals surface area contributed by atoms with Crippen molar-refractivity contribution in [3.05, 3.63) is 16.5 Å². The second-order valence-corrected chi connectivity index (χ2v) is 7.55. The Bertz CT molecular complexity index is 594. The summed E-state index contributed by atoms with van der Waals surface area (Å²) in [6.45, 7) is 6.01. The largest absolute Gasteiger partial charge is 0.475 e. The predicted molar refractivity (Wildman–Crippen MR) is 81.9 cm³/mol. The molecule has 8 heteroatoms. The summed E-state index contributed by atoms with van der Waals surface area (Å²) in [5.41, 5.74) is 0. The molecule has 0 spiro atoms. The first-order chi connectivity index (χ1) is 9.71. The molecule has 0 saturated heterocycles. The molecular weight excluding hydrogens is 362 g/mol. The van der Waals surface area contributed by atoms with Crippen LogP contribution in [0.2, 0.25) is 0 Å². The highest BCUT2D eigenvalue weighted by Crippen LogP contribution is 2.30. The van der Waals surface area contributed by atoms with Crippen molar-refractivity contribution in [2.75, 3.05) is 6.54 Å². The predicted octanol–water partition coefficient (Wildman–Crippen LogP) is 3.33. The summed E-state index contributed by atoms with van der Waals surface area (Å²) in [4.78, 5) is 10.7. The van der Waals surface area contributed by atoms with Gasteiger partial charge in [0.2, 0.25) is 15.8 Å². The number of halogens is 1. The van der Waals surface area contributed by atoms with Crippen LogP contribution in [0, 0.1) is 0 Å². The minimum Gasteiger partial charge on any atom is -0.475 e. The van der Waals surface area contributed by atoms with Gasteiger partial charge in [-0.2, -0.15) is 4.31 Å². The normalized spacial score (nSPS) is 12.3. The molecule has 0 aliphatic rings. The summed E-state index contributed by atoms with van der Waals surface area (Å²) in [5.74, 6) is -1.71. The average molecular weight is 382 g/mol. The number of furan rings is 1. The molecule has 0 bridgehead atoms. The van der Waals surface area contributed by atoms with Crippen LogP contribution in [-0.2, 0) is 10.0 Å². The highest BCUT2D eigenvalue weighted by atomic mass is 79.9. The number of hydrogen-bond acceptors (Lipinski definition) is 4. The van der Waals surface area contributed by atoms with E-state index < -0.39 is 21.8 Å². The molecule has 0 fully saturated rings. The number of nitrogens with zero attached hydrogens (tertiary/aromatic N) is 1. The Kier molecular flexibility index (Phi) is 6.42. The van der Waals surface area contributed by atoms with Gasteiger partial charge in [-0.15, -0.1) is 0 Å². The van der Waals surface area contributed by atoms with E-state index in [1.165, 1.54) is 4.31 Å². The average Bonchev–Trinajstić information content (AvgIpc) is 2.77. The molecule has 0 atom stereocenters. The van der Waals surface area contributed by atoms with Crippen LogP contribution in [0.15, 0.2) is 20.0 Å². The van der Waals surface area contributed by atoms with Crippen LogP contribution in [-0.4, -0.2) is 36.4 Å². The van der Waals surface area contributed by atoms with Crippen molar-refractivity contribution in [3.63, 3.8) is 0 Å². The van der Waals surface area contributed by atoms with Crippen molar-refractivity contribution in [3.8, 4) is 0 Å². The van der Waals surface area contributed by atoms with Gasteiger partial charge in [0.15, 0.2) is 4.67 Å². The molecule has 21 heavy (non-hydrogen) atoms. The fourth-order valence-electron chi connectivity index (χ4n) is 1.93. The van der Waals surface area contributed by atoms with Crippen LogP contribution < -0.4 is 0 Å². The van der Waals surface area contributed by atoms with E-state index >= 15 is 0 Å². The van der Waals surface area contributed by atoms with Gasteiger partial charge in [-0.25, -0.2) is 13.2 Å². The Labute approximate surface area is 133 Å². The van der Waals surface area contributed by atoms with E-state index in [0.29, 0.717) is 6.54 Å². The van der Waals surface area contributed by atoms with Crippen molar-refractivity contribution in [1.29, 1.82) is 0 Å². The summed E-state index contributed by atoms with van der Waals surface area (Å²) in [5, 5.41) is 8.89. The fraction of sp³-hybridized carbons (Fsp3) is 0.615. The Hall–Kier alpha value is -0.860. The summed E-state index contributed by atoms with van der Waals surface area (Å²) < 4.78 is 31.5. The van der Waals surface area contributed by atoms with E-state index in [-0.39, 0.29) is 15.6 Å². The van der Waals surface area contributed by atoms with Gasteiger partial charge < -0.3 is 9.52 Å². The third-order valence-electron chi connectivity index (χ3n) is 3.01. The Morgan fingerprint density at radius 3 is 2.48 bits per heavy atom. The zero-order valence-electron chi connectivity index (χ0n) is 12.3. The maximum absolute atomic E-state index is 12.7. The van der Waals surface area contributed by atoms with E-state index in [4.69, 9.17) is 9.52 Å². The number of sulfonamides is 1. The highest BCUT2D eigenvalue weighted by molar-refractivity contribution is 9.10. The molecule has 1 aromatic heterocycles. The molecule has 0 saturated carbocycles. The Morgan fingerprint density at radius 1 is 1.43 bits per heavy atom. The zero-order valence-corrected chi connectivity index (χ0v) is 14.7. The topological polar surface area (TPSA) is 87.8 Å². The maximum Gasteiger partial charge on any atom is 0.371 e. The lowest BCUT2D eigenvalue weighted by molar-refractivity contribution is 0.0661. The number of rotatable bonds is 8. The molecule has 0 radical (unpaired) electrons. The number of aromatic carboxylic acids is 1. The SMILES string of the molecule is CCCCCN(C(C)C)S(=O)(=O)c1cc(C(=O)O)oc1Br. The molecule has 0 aromatic carbocycles. The number of unbranched alkanes of at least 4 members (excludes halogenated alkanes) is 2. The lowest BCUT2D eigenvalue weighted by Crippen LogP contribution is -2.37. The van der Waals surface area contributed by atoms with Crippen LogP contribution in [0.1, 0.15) is 50.6 Å². The standard InChI is InChI=1S/C13H20BrNO5S/c1-4-5-6-7-15(9(2)3)21(18,19)11-8-10(13(16)17)20-12(11)14/h8-9H,4-7H2,1-3H3,(H,16,17). The second kappa shape index (κ2) is 7.42. The van der Waals surface area contributed by atoms with Crippen LogP contribution in [0.3, 0.4) is 0 Å². The molecule has 0 aliphatic carbocycles. The zero-order chi connectivity index (χ0) is 16.2. The van der Waals surface area contributed by atoms with Gasteiger partial charge in [0.25, 0.3) is 0 Å².